The SMILES string of the molecule is CC(CN1CCCC1)NS(=O)(=O)CCCCl. The minimum absolute atomic E-state index is 0.0153. The quantitative estimate of drug-likeness (QED) is 0.702. The molecule has 0 aromatic carbocycles. The standard InChI is InChI=1S/C10H21ClN2O2S/c1-10(9-13-6-2-3-7-13)12-16(14,15)8-4-5-11/h10,12H,2-9H2,1H3. The van der Waals surface area contributed by atoms with Gasteiger partial charge in [-0.2, -0.15) is 0 Å². The van der Waals surface area contributed by atoms with Crippen LogP contribution >= 0.6 is 11.6 Å². The normalized spacial score (nSPS) is 20.1. The van der Waals surface area contributed by atoms with Gasteiger partial charge in [-0.1, -0.05) is 0 Å². The van der Waals surface area contributed by atoms with Crippen LogP contribution in [-0.4, -0.2) is 50.6 Å². The van der Waals surface area contributed by atoms with Crippen molar-refractivity contribution in [1.82, 2.24) is 9.62 Å². The number of hydrogen-bond acceptors (Lipinski definition) is 3. The summed E-state index contributed by atoms with van der Waals surface area (Å²) in [6.07, 6.45) is 2.96. The van der Waals surface area contributed by atoms with Crippen molar-refractivity contribution in [2.45, 2.75) is 32.2 Å². The van der Waals surface area contributed by atoms with Crippen LogP contribution in [0.15, 0.2) is 0 Å². The highest BCUT2D eigenvalue weighted by molar-refractivity contribution is 7.89. The van der Waals surface area contributed by atoms with Gasteiger partial charge in [0.05, 0.1) is 5.75 Å². The van der Waals surface area contributed by atoms with Crippen LogP contribution in [-0.2, 0) is 10.0 Å². The minimum atomic E-state index is -3.15. The third kappa shape index (κ3) is 5.48. The van der Waals surface area contributed by atoms with Gasteiger partial charge in [0, 0.05) is 18.5 Å². The molecule has 1 unspecified atom stereocenters. The number of likely N-dealkylation sites (tertiary alicyclic amines) is 1. The Morgan fingerprint density at radius 3 is 2.56 bits per heavy atom. The van der Waals surface area contributed by atoms with Crippen LogP contribution in [0.25, 0.3) is 0 Å². The van der Waals surface area contributed by atoms with Gasteiger partial charge in [0.1, 0.15) is 0 Å². The molecule has 1 atom stereocenters. The number of sulfonamides is 1. The molecule has 1 N–H and O–H groups in total. The van der Waals surface area contributed by atoms with Crippen molar-refractivity contribution in [3.8, 4) is 0 Å². The highest BCUT2D eigenvalue weighted by Gasteiger charge is 2.18. The van der Waals surface area contributed by atoms with Gasteiger partial charge in [0.2, 0.25) is 10.0 Å². The summed E-state index contributed by atoms with van der Waals surface area (Å²) in [6.45, 7) is 4.90. The Hall–Kier alpha value is 0.160. The molecule has 1 saturated heterocycles. The van der Waals surface area contributed by atoms with Crippen molar-refractivity contribution in [1.29, 1.82) is 0 Å². The molecule has 1 aliphatic rings. The van der Waals surface area contributed by atoms with Gasteiger partial charge in [-0.15, -0.1) is 11.6 Å². The molecule has 1 heterocycles. The molecule has 1 aliphatic heterocycles. The molecule has 0 bridgehead atoms. The summed E-state index contributed by atoms with van der Waals surface area (Å²) in [7, 11) is -3.15. The summed E-state index contributed by atoms with van der Waals surface area (Å²) in [4.78, 5) is 2.30. The molecular formula is C10H21ClN2O2S. The number of nitrogens with zero attached hydrogens (tertiary/aromatic N) is 1. The highest BCUT2D eigenvalue weighted by atomic mass is 35.5. The molecule has 0 aromatic heterocycles. The van der Waals surface area contributed by atoms with E-state index in [0.29, 0.717) is 12.3 Å². The second-order valence-corrected chi connectivity index (χ2v) is 6.64. The van der Waals surface area contributed by atoms with Crippen LogP contribution in [0.3, 0.4) is 0 Å². The molecular weight excluding hydrogens is 248 g/mol. The van der Waals surface area contributed by atoms with Crippen LogP contribution in [0.4, 0.5) is 0 Å². The van der Waals surface area contributed by atoms with Crippen LogP contribution < -0.4 is 4.72 Å². The van der Waals surface area contributed by atoms with Crippen molar-refractivity contribution < 1.29 is 8.42 Å². The fourth-order valence-corrected chi connectivity index (χ4v) is 3.62. The Kier molecular flexibility index (Phi) is 6.03. The highest BCUT2D eigenvalue weighted by Crippen LogP contribution is 2.08. The van der Waals surface area contributed by atoms with Gasteiger partial charge in [0.15, 0.2) is 0 Å². The second kappa shape index (κ2) is 6.79. The lowest BCUT2D eigenvalue weighted by molar-refractivity contribution is 0.313. The van der Waals surface area contributed by atoms with Crippen LogP contribution in [0.2, 0.25) is 0 Å². The summed E-state index contributed by atoms with van der Waals surface area (Å²) >= 11 is 5.48. The Morgan fingerprint density at radius 2 is 2.00 bits per heavy atom. The molecule has 0 spiro atoms. The first-order valence-electron chi connectivity index (χ1n) is 5.82. The third-order valence-electron chi connectivity index (χ3n) is 2.66. The molecule has 1 fully saturated rings. The lowest BCUT2D eigenvalue weighted by Gasteiger charge is -2.21. The summed E-state index contributed by atoms with van der Waals surface area (Å²) in [5, 5.41) is 0. The first-order valence-corrected chi connectivity index (χ1v) is 8.00. The number of alkyl halides is 1. The number of rotatable bonds is 7. The van der Waals surface area contributed by atoms with E-state index in [9.17, 15) is 8.42 Å². The maximum absolute atomic E-state index is 11.6. The summed E-state index contributed by atoms with van der Waals surface area (Å²) in [5.74, 6) is 0.516. The van der Waals surface area contributed by atoms with E-state index in [1.165, 1.54) is 12.8 Å². The number of hydrogen-bond donors (Lipinski definition) is 1. The zero-order valence-corrected chi connectivity index (χ0v) is 11.4. The van der Waals surface area contributed by atoms with Crippen LogP contribution in [0.5, 0.6) is 0 Å². The molecule has 0 aliphatic carbocycles. The molecule has 4 nitrogen and oxygen atoms in total. The van der Waals surface area contributed by atoms with Crippen LogP contribution in [0.1, 0.15) is 26.2 Å². The van der Waals surface area contributed by atoms with E-state index >= 15 is 0 Å². The Labute approximate surface area is 103 Å². The Morgan fingerprint density at radius 1 is 1.38 bits per heavy atom. The maximum Gasteiger partial charge on any atom is 0.211 e. The molecule has 0 saturated carbocycles. The first-order chi connectivity index (χ1) is 7.53. The fraction of sp³-hybridized carbons (Fsp3) is 1.00. The number of nitrogens with one attached hydrogen (secondary N) is 1. The Balaban J connectivity index is 2.28. The van der Waals surface area contributed by atoms with Crippen molar-refractivity contribution in [3.05, 3.63) is 0 Å². The zero-order valence-electron chi connectivity index (χ0n) is 9.78. The van der Waals surface area contributed by atoms with E-state index < -0.39 is 10.0 Å². The van der Waals surface area contributed by atoms with E-state index in [0.717, 1.165) is 19.6 Å². The largest absolute Gasteiger partial charge is 0.302 e. The van der Waals surface area contributed by atoms with E-state index in [4.69, 9.17) is 11.6 Å². The molecule has 16 heavy (non-hydrogen) atoms. The monoisotopic (exact) mass is 268 g/mol. The summed E-state index contributed by atoms with van der Waals surface area (Å²) in [6, 6.07) is -0.0153. The lowest BCUT2D eigenvalue weighted by Crippen LogP contribution is -2.41. The van der Waals surface area contributed by atoms with Crippen molar-refractivity contribution in [2.24, 2.45) is 0 Å². The lowest BCUT2D eigenvalue weighted by atomic mass is 10.3. The van der Waals surface area contributed by atoms with E-state index in [2.05, 4.69) is 9.62 Å². The Bertz CT molecular complexity index is 289. The molecule has 0 aromatic rings. The average Bonchev–Trinajstić information content (AvgIpc) is 2.66. The van der Waals surface area contributed by atoms with E-state index in [1.807, 2.05) is 6.92 Å². The van der Waals surface area contributed by atoms with Gasteiger partial charge < -0.3 is 4.90 Å². The smallest absolute Gasteiger partial charge is 0.211 e. The zero-order chi connectivity index (χ0) is 12.0. The van der Waals surface area contributed by atoms with Gasteiger partial charge >= 0.3 is 0 Å². The van der Waals surface area contributed by atoms with Crippen molar-refractivity contribution in [2.75, 3.05) is 31.3 Å². The fourth-order valence-electron chi connectivity index (χ4n) is 2.00. The second-order valence-electron chi connectivity index (χ2n) is 4.39. The van der Waals surface area contributed by atoms with Gasteiger partial charge in [-0.25, -0.2) is 13.1 Å². The van der Waals surface area contributed by atoms with Crippen molar-refractivity contribution in [3.63, 3.8) is 0 Å². The maximum atomic E-state index is 11.6. The summed E-state index contributed by atoms with van der Waals surface area (Å²) in [5.41, 5.74) is 0. The van der Waals surface area contributed by atoms with E-state index in [1.54, 1.807) is 0 Å². The predicted molar refractivity (Wildman–Crippen MR) is 67.4 cm³/mol. The minimum Gasteiger partial charge on any atom is -0.302 e. The molecule has 0 radical (unpaired) electrons. The van der Waals surface area contributed by atoms with Gasteiger partial charge in [-0.3, -0.25) is 0 Å². The molecule has 6 heteroatoms. The van der Waals surface area contributed by atoms with Crippen LogP contribution in [0, 0.1) is 0 Å². The third-order valence-corrected chi connectivity index (χ3v) is 4.51. The van der Waals surface area contributed by atoms with Crippen molar-refractivity contribution >= 4 is 21.6 Å². The number of halogens is 1. The van der Waals surface area contributed by atoms with Gasteiger partial charge in [0.25, 0.3) is 0 Å². The molecule has 0 amide bonds. The first kappa shape index (κ1) is 14.2. The summed E-state index contributed by atoms with van der Waals surface area (Å²) < 4.78 is 25.9. The topological polar surface area (TPSA) is 49.4 Å². The van der Waals surface area contributed by atoms with E-state index in [-0.39, 0.29) is 11.8 Å². The predicted octanol–water partition coefficient (Wildman–Crippen LogP) is 1.02. The molecule has 96 valence electrons. The van der Waals surface area contributed by atoms with Gasteiger partial charge in [-0.05, 0) is 39.3 Å². The average molecular weight is 269 g/mol. The molecule has 1 rings (SSSR count).